The molecule has 0 radical (unpaired) electrons. The Balaban J connectivity index is 1.14. The molecule has 2 atom stereocenters. The van der Waals surface area contributed by atoms with Crippen molar-refractivity contribution >= 4 is 17.5 Å². The van der Waals surface area contributed by atoms with E-state index in [1.807, 2.05) is 30.4 Å². The van der Waals surface area contributed by atoms with Crippen molar-refractivity contribution in [2.24, 2.45) is 21.6 Å². The van der Waals surface area contributed by atoms with Gasteiger partial charge in [-0.1, -0.05) is 67.1 Å². The molecule has 2 aromatic rings. The summed E-state index contributed by atoms with van der Waals surface area (Å²) < 4.78 is 0. The summed E-state index contributed by atoms with van der Waals surface area (Å²) >= 11 is 0. The van der Waals surface area contributed by atoms with Crippen molar-refractivity contribution in [2.75, 3.05) is 18.0 Å². The third-order valence-electron chi connectivity index (χ3n) is 7.36. The highest BCUT2D eigenvalue weighted by Gasteiger charge is 2.34. The average Bonchev–Trinajstić information content (AvgIpc) is 3.66. The van der Waals surface area contributed by atoms with Gasteiger partial charge in [0.1, 0.15) is 0 Å². The molecule has 5 rings (SSSR count). The zero-order valence-corrected chi connectivity index (χ0v) is 21.2. The van der Waals surface area contributed by atoms with Crippen LogP contribution in [0.25, 0.3) is 0 Å². The zero-order valence-electron chi connectivity index (χ0n) is 21.2. The Morgan fingerprint density at radius 2 is 1.94 bits per heavy atom. The van der Waals surface area contributed by atoms with Gasteiger partial charge in [-0.3, -0.25) is 4.99 Å². The SMILES string of the molecule is CC1CC1c1cccc(N2CCC=C(CCC3=CC=CC(=NCc4ccccc4)N=C(N)N3)CC2)c1. The van der Waals surface area contributed by atoms with Gasteiger partial charge in [-0.25, -0.2) is 0 Å². The van der Waals surface area contributed by atoms with E-state index in [2.05, 4.69) is 75.7 Å². The number of nitrogens with zero attached hydrogens (tertiary/aromatic N) is 3. The van der Waals surface area contributed by atoms with Gasteiger partial charge in [0.2, 0.25) is 0 Å². The molecule has 2 unspecified atom stereocenters. The molecule has 5 heteroatoms. The predicted molar refractivity (Wildman–Crippen MR) is 151 cm³/mol. The van der Waals surface area contributed by atoms with Gasteiger partial charge in [-0.15, -0.1) is 0 Å². The topological polar surface area (TPSA) is 66.0 Å². The van der Waals surface area contributed by atoms with Crippen molar-refractivity contribution in [3.8, 4) is 0 Å². The maximum atomic E-state index is 6.18. The molecule has 3 N–H and O–H groups in total. The second-order valence-corrected chi connectivity index (χ2v) is 10.1. The van der Waals surface area contributed by atoms with Crippen molar-refractivity contribution < 1.29 is 0 Å². The number of allylic oxidation sites excluding steroid dienone is 3. The number of hydrogen-bond donors (Lipinski definition) is 2. The molecule has 5 nitrogen and oxygen atoms in total. The van der Waals surface area contributed by atoms with Crippen LogP contribution in [0.2, 0.25) is 0 Å². The molecule has 1 fully saturated rings. The quantitative estimate of drug-likeness (QED) is 0.474. The fraction of sp³-hybridized carbons (Fsp3) is 0.355. The first-order valence-electron chi connectivity index (χ1n) is 13.2. The molecular weight excluding hydrogens is 442 g/mol. The Hall–Kier alpha value is -3.60. The number of guanidine groups is 1. The highest BCUT2D eigenvalue weighted by atomic mass is 15.1. The van der Waals surface area contributed by atoms with Crippen molar-refractivity contribution in [2.45, 2.75) is 51.5 Å². The summed E-state index contributed by atoms with van der Waals surface area (Å²) in [5.41, 5.74) is 12.8. The minimum absolute atomic E-state index is 0.392. The van der Waals surface area contributed by atoms with E-state index in [1.165, 1.54) is 23.2 Å². The first-order valence-corrected chi connectivity index (χ1v) is 13.2. The molecule has 2 aliphatic heterocycles. The largest absolute Gasteiger partial charge is 0.371 e. The van der Waals surface area contributed by atoms with Gasteiger partial charge in [0.15, 0.2) is 11.8 Å². The third-order valence-corrected chi connectivity index (χ3v) is 7.36. The summed E-state index contributed by atoms with van der Waals surface area (Å²) in [5.74, 6) is 2.64. The van der Waals surface area contributed by atoms with Crippen LogP contribution in [0, 0.1) is 5.92 Å². The van der Waals surface area contributed by atoms with Crippen molar-refractivity contribution in [1.29, 1.82) is 0 Å². The van der Waals surface area contributed by atoms with Gasteiger partial charge >= 0.3 is 0 Å². The van der Waals surface area contributed by atoms with Crippen LogP contribution in [0.5, 0.6) is 0 Å². The standard InChI is InChI=1S/C31H37N5/c1-23-20-29(23)26-11-5-13-28(21-26)36-18-7-10-24(17-19-36)15-16-27-12-6-14-30(35-31(32)34-27)33-22-25-8-3-2-4-9-25/h2-6,8-14,21,23,29H,7,15-20,22H2,1H3,(H3,32,33,34,35). The number of aliphatic imine (C=N–C) groups is 2. The number of nitrogens with one attached hydrogen (secondary N) is 1. The van der Waals surface area contributed by atoms with E-state index in [4.69, 9.17) is 5.73 Å². The van der Waals surface area contributed by atoms with Crippen LogP contribution >= 0.6 is 0 Å². The van der Waals surface area contributed by atoms with Gasteiger partial charge in [0.05, 0.1) is 6.54 Å². The molecule has 36 heavy (non-hydrogen) atoms. The smallest absolute Gasteiger partial charge is 0.199 e. The summed E-state index contributed by atoms with van der Waals surface area (Å²) in [6.45, 7) is 5.10. The highest BCUT2D eigenvalue weighted by Crippen LogP contribution is 2.47. The lowest BCUT2D eigenvalue weighted by Crippen LogP contribution is -2.32. The Kier molecular flexibility index (Phi) is 7.65. The monoisotopic (exact) mass is 479 g/mol. The lowest BCUT2D eigenvalue weighted by Gasteiger charge is -2.23. The van der Waals surface area contributed by atoms with Crippen LogP contribution < -0.4 is 16.0 Å². The van der Waals surface area contributed by atoms with Crippen LogP contribution in [0.3, 0.4) is 0 Å². The number of anilines is 1. The molecule has 1 saturated carbocycles. The molecule has 0 amide bonds. The lowest BCUT2D eigenvalue weighted by molar-refractivity contribution is 0.775. The van der Waals surface area contributed by atoms with Crippen LogP contribution in [0.1, 0.15) is 56.1 Å². The first-order chi connectivity index (χ1) is 17.6. The van der Waals surface area contributed by atoms with Crippen LogP contribution in [0.4, 0.5) is 5.69 Å². The minimum Gasteiger partial charge on any atom is -0.371 e. The van der Waals surface area contributed by atoms with Crippen LogP contribution in [-0.4, -0.2) is 24.9 Å². The number of benzene rings is 2. The highest BCUT2D eigenvalue weighted by molar-refractivity contribution is 6.02. The first kappa shape index (κ1) is 24.1. The molecule has 2 aromatic carbocycles. The van der Waals surface area contributed by atoms with Crippen molar-refractivity contribution in [3.63, 3.8) is 0 Å². The normalized spacial score (nSPS) is 23.1. The van der Waals surface area contributed by atoms with Gasteiger partial charge in [0.25, 0.3) is 0 Å². The Labute approximate surface area is 215 Å². The van der Waals surface area contributed by atoms with E-state index in [0.29, 0.717) is 18.3 Å². The second kappa shape index (κ2) is 11.4. The van der Waals surface area contributed by atoms with Gasteiger partial charge in [-0.2, -0.15) is 4.99 Å². The molecular formula is C31H37N5. The number of rotatable bonds is 7. The Bertz CT molecular complexity index is 1200. The summed E-state index contributed by atoms with van der Waals surface area (Å²) in [6, 6.07) is 19.4. The van der Waals surface area contributed by atoms with Crippen LogP contribution in [-0.2, 0) is 6.54 Å². The maximum absolute atomic E-state index is 6.18. The van der Waals surface area contributed by atoms with Crippen LogP contribution in [0.15, 0.2) is 100 Å². The van der Waals surface area contributed by atoms with Gasteiger partial charge < -0.3 is 16.0 Å². The van der Waals surface area contributed by atoms with Gasteiger partial charge in [-0.05, 0) is 79.4 Å². The molecule has 3 aliphatic rings. The number of hydrogen-bond acceptors (Lipinski definition) is 4. The second-order valence-electron chi connectivity index (χ2n) is 10.1. The Morgan fingerprint density at radius 3 is 2.78 bits per heavy atom. The van der Waals surface area contributed by atoms with Gasteiger partial charge in [0, 0.05) is 24.5 Å². The van der Waals surface area contributed by atoms with E-state index < -0.39 is 0 Å². The fourth-order valence-electron chi connectivity index (χ4n) is 5.07. The van der Waals surface area contributed by atoms with Crippen molar-refractivity contribution in [1.82, 2.24) is 5.32 Å². The summed E-state index contributed by atoms with van der Waals surface area (Å²) in [6.07, 6.45) is 14.0. The Morgan fingerprint density at radius 1 is 1.08 bits per heavy atom. The minimum atomic E-state index is 0.392. The molecule has 0 spiro atoms. The molecule has 186 valence electrons. The van der Waals surface area contributed by atoms with E-state index in [0.717, 1.165) is 61.9 Å². The summed E-state index contributed by atoms with van der Waals surface area (Å²) in [7, 11) is 0. The lowest BCUT2D eigenvalue weighted by atomic mass is 10.0. The molecule has 0 aromatic heterocycles. The molecule has 1 aliphatic carbocycles. The van der Waals surface area contributed by atoms with E-state index >= 15 is 0 Å². The molecule has 0 saturated heterocycles. The predicted octanol–water partition coefficient (Wildman–Crippen LogP) is 6.07. The van der Waals surface area contributed by atoms with Crippen molar-refractivity contribution in [3.05, 3.63) is 101 Å². The molecule has 0 bridgehead atoms. The third kappa shape index (κ3) is 6.54. The summed E-state index contributed by atoms with van der Waals surface area (Å²) in [4.78, 5) is 11.6. The molecule has 2 heterocycles. The number of nitrogens with two attached hydrogens (primary N) is 1. The van der Waals surface area contributed by atoms with E-state index in [-0.39, 0.29) is 0 Å². The van der Waals surface area contributed by atoms with E-state index in [9.17, 15) is 0 Å². The average molecular weight is 480 g/mol. The summed E-state index contributed by atoms with van der Waals surface area (Å²) in [5, 5.41) is 3.28. The zero-order chi connectivity index (χ0) is 24.7. The fourth-order valence-corrected chi connectivity index (χ4v) is 5.07. The number of amidine groups is 1. The van der Waals surface area contributed by atoms with E-state index in [1.54, 1.807) is 0 Å². The maximum Gasteiger partial charge on any atom is 0.199 e.